The smallest absolute Gasteiger partial charge is 0.129 e. The number of likely N-dealkylation sites (tertiary alicyclic amines) is 1. The summed E-state index contributed by atoms with van der Waals surface area (Å²) in [5.41, 5.74) is 7.43. The molecule has 0 unspecified atom stereocenters. The van der Waals surface area contributed by atoms with Crippen LogP contribution < -0.4 is 11.1 Å². The molecule has 1 saturated heterocycles. The molecule has 126 valence electrons. The fraction of sp³-hybridized carbons (Fsp3) is 0.778. The minimum atomic E-state index is 0.362. The van der Waals surface area contributed by atoms with Crippen LogP contribution in [0.5, 0.6) is 0 Å². The van der Waals surface area contributed by atoms with Gasteiger partial charge < -0.3 is 11.1 Å². The molecular weight excluding hydrogens is 286 g/mol. The summed E-state index contributed by atoms with van der Waals surface area (Å²) in [4.78, 5) is 11.6. The van der Waals surface area contributed by atoms with Gasteiger partial charge in [-0.15, -0.1) is 0 Å². The van der Waals surface area contributed by atoms with E-state index in [0.717, 1.165) is 30.9 Å². The molecule has 23 heavy (non-hydrogen) atoms. The van der Waals surface area contributed by atoms with Gasteiger partial charge >= 0.3 is 0 Å². The van der Waals surface area contributed by atoms with E-state index >= 15 is 0 Å². The van der Waals surface area contributed by atoms with E-state index in [1.165, 1.54) is 51.6 Å². The zero-order valence-corrected chi connectivity index (χ0v) is 14.0. The number of nitrogens with two attached hydrogens (primary N) is 1. The largest absolute Gasteiger partial charge is 0.368 e. The Labute approximate surface area is 139 Å². The molecule has 5 heteroatoms. The molecule has 5 nitrogen and oxygen atoms in total. The van der Waals surface area contributed by atoms with Crippen LogP contribution in [0, 0.1) is 0 Å². The Bertz CT molecular complexity index is 528. The van der Waals surface area contributed by atoms with Crippen LogP contribution in [0.4, 0.5) is 5.82 Å². The van der Waals surface area contributed by atoms with E-state index < -0.39 is 0 Å². The average Bonchev–Trinajstić information content (AvgIpc) is 3.22. The van der Waals surface area contributed by atoms with Crippen LogP contribution in [0.25, 0.3) is 0 Å². The third-order valence-corrected chi connectivity index (χ3v) is 6.19. The van der Waals surface area contributed by atoms with Gasteiger partial charge in [-0.3, -0.25) is 4.90 Å². The molecule has 0 aromatic carbocycles. The Morgan fingerprint density at radius 3 is 2.57 bits per heavy atom. The Morgan fingerprint density at radius 1 is 1.13 bits per heavy atom. The van der Waals surface area contributed by atoms with Crippen molar-refractivity contribution in [3.05, 3.63) is 18.1 Å². The molecule has 0 spiro atoms. The lowest BCUT2D eigenvalue weighted by Crippen LogP contribution is -2.50. The summed E-state index contributed by atoms with van der Waals surface area (Å²) in [6.45, 7) is 3.57. The molecule has 2 aliphatic carbocycles. The van der Waals surface area contributed by atoms with Gasteiger partial charge in [-0.1, -0.05) is 12.8 Å². The summed E-state index contributed by atoms with van der Waals surface area (Å²) in [5, 5.41) is 3.63. The first-order valence-electron chi connectivity index (χ1n) is 9.32. The lowest BCUT2D eigenvalue weighted by molar-refractivity contribution is 0.135. The first kappa shape index (κ1) is 15.3. The van der Waals surface area contributed by atoms with Crippen molar-refractivity contribution < 1.29 is 0 Å². The fourth-order valence-corrected chi connectivity index (χ4v) is 4.68. The molecule has 1 aromatic rings. The second kappa shape index (κ2) is 6.36. The Hall–Kier alpha value is -1.20. The monoisotopic (exact) mass is 315 g/mol. The zero-order valence-electron chi connectivity index (χ0n) is 14.0. The van der Waals surface area contributed by atoms with Gasteiger partial charge in [0.1, 0.15) is 12.1 Å². The SMILES string of the molecule is NC1CC(c2cc(NCC3(N4CCCC4)CCCC3)ncn2)C1. The molecule has 3 N–H and O–H groups in total. The predicted octanol–water partition coefficient (Wildman–Crippen LogP) is 2.50. The molecule has 3 fully saturated rings. The van der Waals surface area contributed by atoms with Gasteiger partial charge in [0.05, 0.1) is 0 Å². The molecule has 1 aliphatic heterocycles. The van der Waals surface area contributed by atoms with Crippen molar-refractivity contribution in [3.8, 4) is 0 Å². The van der Waals surface area contributed by atoms with Gasteiger partial charge in [0.2, 0.25) is 0 Å². The van der Waals surface area contributed by atoms with E-state index in [9.17, 15) is 0 Å². The van der Waals surface area contributed by atoms with Crippen LogP contribution in [0.1, 0.15) is 63.0 Å². The summed E-state index contributed by atoms with van der Waals surface area (Å²) < 4.78 is 0. The molecule has 4 rings (SSSR count). The number of anilines is 1. The van der Waals surface area contributed by atoms with E-state index in [1.807, 2.05) is 0 Å². The maximum atomic E-state index is 5.91. The van der Waals surface area contributed by atoms with Gasteiger partial charge in [-0.05, 0) is 51.6 Å². The average molecular weight is 315 g/mol. The zero-order chi connectivity index (χ0) is 15.7. The normalized spacial score (nSPS) is 30.3. The highest BCUT2D eigenvalue weighted by atomic mass is 15.2. The number of aromatic nitrogens is 2. The van der Waals surface area contributed by atoms with Gasteiger partial charge in [0.25, 0.3) is 0 Å². The maximum absolute atomic E-state index is 5.91. The van der Waals surface area contributed by atoms with Gasteiger partial charge in [0, 0.05) is 35.8 Å². The van der Waals surface area contributed by atoms with Gasteiger partial charge in [-0.25, -0.2) is 9.97 Å². The van der Waals surface area contributed by atoms with Crippen LogP contribution in [0.3, 0.4) is 0 Å². The van der Waals surface area contributed by atoms with Crippen molar-refractivity contribution >= 4 is 5.82 Å². The lowest BCUT2D eigenvalue weighted by Gasteiger charge is -2.39. The number of hydrogen-bond acceptors (Lipinski definition) is 5. The first-order chi connectivity index (χ1) is 11.3. The Kier molecular flexibility index (Phi) is 4.24. The van der Waals surface area contributed by atoms with Crippen molar-refractivity contribution in [2.75, 3.05) is 25.0 Å². The molecule has 1 aromatic heterocycles. The molecule has 0 radical (unpaired) electrons. The molecule has 0 bridgehead atoms. The number of nitrogens with one attached hydrogen (secondary N) is 1. The highest BCUT2D eigenvalue weighted by molar-refractivity contribution is 5.37. The highest BCUT2D eigenvalue weighted by Crippen LogP contribution is 2.38. The molecule has 0 amide bonds. The van der Waals surface area contributed by atoms with Crippen molar-refractivity contribution in [1.82, 2.24) is 14.9 Å². The second-order valence-corrected chi connectivity index (χ2v) is 7.74. The minimum Gasteiger partial charge on any atom is -0.368 e. The second-order valence-electron chi connectivity index (χ2n) is 7.74. The minimum absolute atomic E-state index is 0.362. The quantitative estimate of drug-likeness (QED) is 0.874. The maximum Gasteiger partial charge on any atom is 0.129 e. The van der Waals surface area contributed by atoms with E-state index in [1.54, 1.807) is 6.33 Å². The van der Waals surface area contributed by atoms with Crippen molar-refractivity contribution in [2.45, 2.75) is 68.9 Å². The Balaban J connectivity index is 1.42. The Morgan fingerprint density at radius 2 is 1.87 bits per heavy atom. The summed E-state index contributed by atoms with van der Waals surface area (Å²) in [6.07, 6.45) is 12.0. The van der Waals surface area contributed by atoms with Crippen LogP contribution in [0.2, 0.25) is 0 Å². The fourth-order valence-electron chi connectivity index (χ4n) is 4.68. The third kappa shape index (κ3) is 3.09. The van der Waals surface area contributed by atoms with Crippen LogP contribution >= 0.6 is 0 Å². The van der Waals surface area contributed by atoms with Gasteiger partial charge in [0.15, 0.2) is 0 Å². The van der Waals surface area contributed by atoms with E-state index in [2.05, 4.69) is 26.3 Å². The standard InChI is InChI=1S/C18H29N5/c19-15-9-14(10-15)16-11-17(22-13-21-16)20-12-18(5-1-2-6-18)23-7-3-4-8-23/h11,13-15H,1-10,12,19H2,(H,20,21,22). The molecule has 3 aliphatic rings. The van der Waals surface area contributed by atoms with Crippen molar-refractivity contribution in [3.63, 3.8) is 0 Å². The number of nitrogens with zero attached hydrogens (tertiary/aromatic N) is 3. The summed E-state index contributed by atoms with van der Waals surface area (Å²) in [5.74, 6) is 1.52. The third-order valence-electron chi connectivity index (χ3n) is 6.19. The van der Waals surface area contributed by atoms with Crippen LogP contribution in [-0.4, -0.2) is 46.1 Å². The van der Waals surface area contributed by atoms with Crippen LogP contribution in [-0.2, 0) is 0 Å². The van der Waals surface area contributed by atoms with E-state index in [0.29, 0.717) is 17.5 Å². The molecule has 2 heterocycles. The van der Waals surface area contributed by atoms with Crippen molar-refractivity contribution in [2.24, 2.45) is 5.73 Å². The van der Waals surface area contributed by atoms with E-state index in [-0.39, 0.29) is 0 Å². The summed E-state index contributed by atoms with van der Waals surface area (Å²) in [7, 11) is 0. The number of hydrogen-bond donors (Lipinski definition) is 2. The van der Waals surface area contributed by atoms with Crippen molar-refractivity contribution in [1.29, 1.82) is 0 Å². The molecular formula is C18H29N5. The molecule has 0 atom stereocenters. The predicted molar refractivity (Wildman–Crippen MR) is 92.5 cm³/mol. The lowest BCUT2D eigenvalue weighted by atomic mass is 9.78. The van der Waals surface area contributed by atoms with Gasteiger partial charge in [-0.2, -0.15) is 0 Å². The topological polar surface area (TPSA) is 67.1 Å². The number of rotatable bonds is 5. The highest BCUT2D eigenvalue weighted by Gasteiger charge is 2.40. The van der Waals surface area contributed by atoms with Crippen LogP contribution in [0.15, 0.2) is 12.4 Å². The summed E-state index contributed by atoms with van der Waals surface area (Å²) in [6, 6.07) is 2.51. The summed E-state index contributed by atoms with van der Waals surface area (Å²) >= 11 is 0. The van der Waals surface area contributed by atoms with E-state index in [4.69, 9.17) is 5.73 Å². The first-order valence-corrected chi connectivity index (χ1v) is 9.32. The molecule has 2 saturated carbocycles.